The van der Waals surface area contributed by atoms with Crippen LogP contribution < -0.4 is 0 Å². The predicted molar refractivity (Wildman–Crippen MR) is 116 cm³/mol. The lowest BCUT2D eigenvalue weighted by atomic mass is 9.83. The highest BCUT2D eigenvalue weighted by Crippen LogP contribution is 2.32. The number of rotatable bonds is 4. The Hall–Kier alpha value is -2.66. The standard InChI is InChI=1S/C25H30N2O3/c1-19-6-5-9-21(14-19)22-16-23(25(29)26-10-12-30-13-11-26)18-27(17-22)24(28)15-20-7-3-2-4-8-20/h2-9,14,22-23H,10-13,15-18H2,1H3. The van der Waals surface area contributed by atoms with Crippen LogP contribution in [0.1, 0.15) is 29.0 Å². The summed E-state index contributed by atoms with van der Waals surface area (Å²) in [6.07, 6.45) is 1.16. The van der Waals surface area contributed by atoms with Crippen LogP contribution in [0.15, 0.2) is 54.6 Å². The smallest absolute Gasteiger partial charge is 0.227 e. The largest absolute Gasteiger partial charge is 0.378 e. The number of carbonyl (C=O) groups excluding carboxylic acids is 2. The number of ether oxygens (including phenoxy) is 1. The van der Waals surface area contributed by atoms with Crippen molar-refractivity contribution >= 4 is 11.8 Å². The molecule has 2 unspecified atom stereocenters. The number of hydrogen-bond donors (Lipinski definition) is 0. The Morgan fingerprint density at radius 2 is 1.73 bits per heavy atom. The molecule has 30 heavy (non-hydrogen) atoms. The summed E-state index contributed by atoms with van der Waals surface area (Å²) < 4.78 is 5.41. The number of morpholine rings is 1. The van der Waals surface area contributed by atoms with E-state index in [0.717, 1.165) is 12.0 Å². The first-order valence-electron chi connectivity index (χ1n) is 10.8. The van der Waals surface area contributed by atoms with Crippen LogP contribution in [0.2, 0.25) is 0 Å². The van der Waals surface area contributed by atoms with Gasteiger partial charge in [0, 0.05) is 32.1 Å². The normalized spacial score (nSPS) is 22.0. The third-order valence-corrected chi connectivity index (χ3v) is 6.19. The summed E-state index contributed by atoms with van der Waals surface area (Å²) in [6.45, 7) is 5.73. The number of carbonyl (C=O) groups is 2. The van der Waals surface area contributed by atoms with Crippen molar-refractivity contribution in [2.75, 3.05) is 39.4 Å². The van der Waals surface area contributed by atoms with Gasteiger partial charge in [-0.05, 0) is 24.5 Å². The van der Waals surface area contributed by atoms with Gasteiger partial charge in [-0.3, -0.25) is 9.59 Å². The Labute approximate surface area is 178 Å². The van der Waals surface area contributed by atoms with Gasteiger partial charge in [-0.2, -0.15) is 0 Å². The maximum Gasteiger partial charge on any atom is 0.227 e. The number of aryl methyl sites for hydroxylation is 1. The van der Waals surface area contributed by atoms with Gasteiger partial charge in [-0.1, -0.05) is 60.2 Å². The van der Waals surface area contributed by atoms with E-state index < -0.39 is 0 Å². The Kier molecular flexibility index (Phi) is 6.48. The third kappa shape index (κ3) is 4.90. The molecular weight excluding hydrogens is 376 g/mol. The van der Waals surface area contributed by atoms with Gasteiger partial charge >= 0.3 is 0 Å². The number of piperidine rings is 1. The Balaban J connectivity index is 1.54. The molecule has 0 radical (unpaired) electrons. The van der Waals surface area contributed by atoms with E-state index in [1.165, 1.54) is 11.1 Å². The molecular formula is C25H30N2O3. The lowest BCUT2D eigenvalue weighted by Crippen LogP contribution is -2.51. The number of nitrogens with zero attached hydrogens (tertiary/aromatic N) is 2. The number of benzene rings is 2. The Morgan fingerprint density at radius 1 is 0.967 bits per heavy atom. The minimum absolute atomic E-state index is 0.0957. The van der Waals surface area contributed by atoms with Crippen LogP contribution in [-0.2, 0) is 20.7 Å². The minimum atomic E-state index is -0.165. The molecule has 2 saturated heterocycles. The average Bonchev–Trinajstić information content (AvgIpc) is 2.79. The van der Waals surface area contributed by atoms with E-state index >= 15 is 0 Å². The van der Waals surface area contributed by atoms with E-state index in [1.807, 2.05) is 40.1 Å². The van der Waals surface area contributed by atoms with Crippen molar-refractivity contribution in [1.82, 2.24) is 9.80 Å². The van der Waals surface area contributed by atoms with Crippen LogP contribution in [0.25, 0.3) is 0 Å². The summed E-state index contributed by atoms with van der Waals surface area (Å²) in [5.41, 5.74) is 3.43. The first-order chi connectivity index (χ1) is 14.6. The van der Waals surface area contributed by atoms with Crippen LogP contribution in [0.4, 0.5) is 0 Å². The molecule has 2 aliphatic rings. The van der Waals surface area contributed by atoms with Crippen LogP contribution in [0.5, 0.6) is 0 Å². The van der Waals surface area contributed by atoms with Crippen molar-refractivity contribution in [2.45, 2.75) is 25.7 Å². The minimum Gasteiger partial charge on any atom is -0.378 e. The molecule has 2 aromatic rings. The molecule has 0 spiro atoms. The van der Waals surface area contributed by atoms with Gasteiger partial charge < -0.3 is 14.5 Å². The topological polar surface area (TPSA) is 49.9 Å². The molecule has 5 heteroatoms. The quantitative estimate of drug-likeness (QED) is 0.784. The van der Waals surface area contributed by atoms with Crippen molar-refractivity contribution in [3.63, 3.8) is 0 Å². The molecule has 5 nitrogen and oxygen atoms in total. The molecule has 2 aliphatic heterocycles. The predicted octanol–water partition coefficient (Wildman–Crippen LogP) is 3.03. The molecule has 0 N–H and O–H groups in total. The van der Waals surface area contributed by atoms with Crippen LogP contribution >= 0.6 is 0 Å². The van der Waals surface area contributed by atoms with Gasteiger partial charge in [0.1, 0.15) is 0 Å². The first-order valence-corrected chi connectivity index (χ1v) is 10.8. The van der Waals surface area contributed by atoms with Crippen molar-refractivity contribution in [2.24, 2.45) is 5.92 Å². The number of hydrogen-bond acceptors (Lipinski definition) is 3. The van der Waals surface area contributed by atoms with E-state index in [2.05, 4.69) is 31.2 Å². The molecule has 0 saturated carbocycles. The lowest BCUT2D eigenvalue weighted by molar-refractivity contribution is -0.144. The summed E-state index contributed by atoms with van der Waals surface area (Å²) in [6, 6.07) is 18.3. The lowest BCUT2D eigenvalue weighted by Gasteiger charge is -2.40. The van der Waals surface area contributed by atoms with Crippen molar-refractivity contribution in [3.05, 3.63) is 71.3 Å². The Morgan fingerprint density at radius 3 is 2.47 bits per heavy atom. The van der Waals surface area contributed by atoms with Gasteiger partial charge in [0.15, 0.2) is 0 Å². The van der Waals surface area contributed by atoms with Gasteiger partial charge in [-0.15, -0.1) is 0 Å². The van der Waals surface area contributed by atoms with Gasteiger partial charge in [0.25, 0.3) is 0 Å². The van der Waals surface area contributed by atoms with Crippen LogP contribution in [0.3, 0.4) is 0 Å². The fraction of sp³-hybridized carbons (Fsp3) is 0.440. The molecule has 0 aromatic heterocycles. The summed E-state index contributed by atoms with van der Waals surface area (Å²) in [5.74, 6) is 0.266. The molecule has 2 aromatic carbocycles. The molecule has 0 bridgehead atoms. The van der Waals surface area contributed by atoms with Gasteiger partial charge in [0.2, 0.25) is 11.8 Å². The first kappa shape index (κ1) is 20.6. The zero-order valence-corrected chi connectivity index (χ0v) is 17.6. The van der Waals surface area contributed by atoms with Crippen LogP contribution in [0, 0.1) is 12.8 Å². The summed E-state index contributed by atoms with van der Waals surface area (Å²) >= 11 is 0. The second-order valence-corrected chi connectivity index (χ2v) is 8.44. The Bertz CT molecular complexity index is 877. The van der Waals surface area contributed by atoms with E-state index in [1.54, 1.807) is 0 Å². The second-order valence-electron chi connectivity index (χ2n) is 8.44. The molecule has 2 amide bonds. The zero-order chi connectivity index (χ0) is 20.9. The molecule has 0 aliphatic carbocycles. The average molecular weight is 407 g/mol. The highest BCUT2D eigenvalue weighted by Gasteiger charge is 2.36. The molecule has 2 fully saturated rings. The fourth-order valence-corrected chi connectivity index (χ4v) is 4.57. The van der Waals surface area contributed by atoms with E-state index in [9.17, 15) is 9.59 Å². The van der Waals surface area contributed by atoms with Gasteiger partial charge in [-0.25, -0.2) is 0 Å². The summed E-state index contributed by atoms with van der Waals surface area (Å²) in [7, 11) is 0. The van der Waals surface area contributed by atoms with E-state index in [-0.39, 0.29) is 23.7 Å². The molecule has 2 heterocycles. The van der Waals surface area contributed by atoms with E-state index in [0.29, 0.717) is 45.8 Å². The molecule has 4 rings (SSSR count). The maximum absolute atomic E-state index is 13.3. The number of likely N-dealkylation sites (tertiary alicyclic amines) is 1. The summed E-state index contributed by atoms with van der Waals surface area (Å²) in [5, 5.41) is 0. The highest BCUT2D eigenvalue weighted by molar-refractivity contribution is 5.82. The van der Waals surface area contributed by atoms with E-state index in [4.69, 9.17) is 4.74 Å². The van der Waals surface area contributed by atoms with Crippen LogP contribution in [-0.4, -0.2) is 61.0 Å². The van der Waals surface area contributed by atoms with Crippen molar-refractivity contribution < 1.29 is 14.3 Å². The highest BCUT2D eigenvalue weighted by atomic mass is 16.5. The molecule has 2 atom stereocenters. The maximum atomic E-state index is 13.3. The zero-order valence-electron chi connectivity index (χ0n) is 17.6. The fourth-order valence-electron chi connectivity index (χ4n) is 4.57. The number of amides is 2. The SMILES string of the molecule is Cc1cccc(C2CC(C(=O)N3CCOCC3)CN(C(=O)Cc3ccccc3)C2)c1. The van der Waals surface area contributed by atoms with Crippen molar-refractivity contribution in [3.8, 4) is 0 Å². The van der Waals surface area contributed by atoms with Crippen molar-refractivity contribution in [1.29, 1.82) is 0 Å². The van der Waals surface area contributed by atoms with Gasteiger partial charge in [0.05, 0.1) is 25.6 Å². The third-order valence-electron chi connectivity index (χ3n) is 6.19. The summed E-state index contributed by atoms with van der Waals surface area (Å²) in [4.78, 5) is 30.2. The second kappa shape index (κ2) is 9.43. The monoisotopic (exact) mass is 406 g/mol. The molecule has 158 valence electrons.